The summed E-state index contributed by atoms with van der Waals surface area (Å²) in [5.74, 6) is -0.203. The largest absolute Gasteiger partial charge is 0.355 e. The number of nitrogens with zero attached hydrogens (tertiary/aromatic N) is 1. The highest BCUT2D eigenvalue weighted by atomic mass is 32.2. The van der Waals surface area contributed by atoms with Crippen LogP contribution < -0.4 is 5.32 Å². The van der Waals surface area contributed by atoms with Crippen LogP contribution in [0.2, 0.25) is 0 Å². The van der Waals surface area contributed by atoms with E-state index in [4.69, 9.17) is 0 Å². The molecule has 2 amide bonds. The van der Waals surface area contributed by atoms with Crippen LogP contribution in [-0.2, 0) is 9.59 Å². The first-order valence-corrected chi connectivity index (χ1v) is 7.10. The molecule has 1 atom stereocenters. The number of hydrogen-bond donors (Lipinski definition) is 1. The van der Waals surface area contributed by atoms with Gasteiger partial charge in [-0.2, -0.15) is 0 Å². The Labute approximate surface area is 115 Å². The first kappa shape index (κ1) is 13.9. The van der Waals surface area contributed by atoms with Crippen LogP contribution in [0.3, 0.4) is 0 Å². The van der Waals surface area contributed by atoms with Gasteiger partial charge in [-0.05, 0) is 24.6 Å². The van der Waals surface area contributed by atoms with Gasteiger partial charge in [0.25, 0.3) is 0 Å². The molecular weight excluding hydrogens is 267 g/mol. The highest BCUT2D eigenvalue weighted by molar-refractivity contribution is 8.00. The standard InChI is InChI=1S/C13H15FN2O2S/c1-2-15-11(17)7-16-12(18)8-19-13(16)9-3-5-10(14)6-4-9/h3-6,13H,2,7-8H2,1H3,(H,15,17)/t13-/m1/s1. The Balaban J connectivity index is 2.12. The number of carbonyl (C=O) groups excluding carboxylic acids is 2. The van der Waals surface area contributed by atoms with Crippen LogP contribution in [0.25, 0.3) is 0 Å². The number of halogens is 1. The third kappa shape index (κ3) is 3.26. The third-order valence-corrected chi connectivity index (χ3v) is 4.07. The molecule has 6 heteroatoms. The molecule has 102 valence electrons. The first-order valence-electron chi connectivity index (χ1n) is 6.05. The van der Waals surface area contributed by atoms with E-state index < -0.39 is 0 Å². The van der Waals surface area contributed by atoms with E-state index in [1.165, 1.54) is 28.8 Å². The number of amides is 2. The predicted molar refractivity (Wildman–Crippen MR) is 72.0 cm³/mol. The second-order valence-electron chi connectivity index (χ2n) is 4.19. The molecule has 0 unspecified atom stereocenters. The Morgan fingerprint density at radius 3 is 2.79 bits per heavy atom. The molecule has 4 nitrogen and oxygen atoms in total. The van der Waals surface area contributed by atoms with Crippen molar-refractivity contribution < 1.29 is 14.0 Å². The molecule has 0 saturated carbocycles. The highest BCUT2D eigenvalue weighted by Crippen LogP contribution is 2.38. The van der Waals surface area contributed by atoms with Gasteiger partial charge >= 0.3 is 0 Å². The number of nitrogens with one attached hydrogen (secondary N) is 1. The molecule has 1 saturated heterocycles. The van der Waals surface area contributed by atoms with Crippen molar-refractivity contribution >= 4 is 23.6 Å². The Hall–Kier alpha value is -1.56. The average Bonchev–Trinajstić information content (AvgIpc) is 2.73. The minimum absolute atomic E-state index is 0.0434. The van der Waals surface area contributed by atoms with Gasteiger partial charge in [-0.1, -0.05) is 12.1 Å². The Bertz CT molecular complexity index is 478. The van der Waals surface area contributed by atoms with Gasteiger partial charge in [0.05, 0.1) is 5.75 Å². The number of hydrogen-bond acceptors (Lipinski definition) is 3. The summed E-state index contributed by atoms with van der Waals surface area (Å²) in [6.07, 6.45) is 0. The van der Waals surface area contributed by atoms with Crippen molar-refractivity contribution in [2.24, 2.45) is 0 Å². The van der Waals surface area contributed by atoms with Gasteiger partial charge in [0.2, 0.25) is 11.8 Å². The van der Waals surface area contributed by atoms with Gasteiger partial charge in [-0.25, -0.2) is 4.39 Å². The van der Waals surface area contributed by atoms with E-state index in [1.54, 1.807) is 12.1 Å². The fourth-order valence-electron chi connectivity index (χ4n) is 1.94. The first-order chi connectivity index (χ1) is 9.11. The lowest BCUT2D eigenvalue weighted by Crippen LogP contribution is -2.39. The van der Waals surface area contributed by atoms with Crippen LogP contribution in [-0.4, -0.2) is 35.6 Å². The van der Waals surface area contributed by atoms with Crippen LogP contribution in [0, 0.1) is 5.82 Å². The van der Waals surface area contributed by atoms with Crippen molar-refractivity contribution in [3.63, 3.8) is 0 Å². The molecule has 1 aromatic carbocycles. The van der Waals surface area contributed by atoms with Crippen molar-refractivity contribution in [2.45, 2.75) is 12.3 Å². The fourth-order valence-corrected chi connectivity index (χ4v) is 3.12. The SMILES string of the molecule is CCNC(=O)CN1C(=O)CS[C@@H]1c1ccc(F)cc1. The molecule has 0 spiro atoms. The number of likely N-dealkylation sites (N-methyl/N-ethyl adjacent to an activating group) is 1. The summed E-state index contributed by atoms with van der Waals surface area (Å²) in [6, 6.07) is 6.03. The summed E-state index contributed by atoms with van der Waals surface area (Å²) in [6.45, 7) is 2.41. The lowest BCUT2D eigenvalue weighted by atomic mass is 10.2. The number of thioether (sulfide) groups is 1. The summed E-state index contributed by atoms with van der Waals surface area (Å²) in [4.78, 5) is 24.9. The lowest BCUT2D eigenvalue weighted by Gasteiger charge is -2.23. The van der Waals surface area contributed by atoms with Gasteiger partial charge in [0.1, 0.15) is 17.7 Å². The van der Waals surface area contributed by atoms with Gasteiger partial charge in [-0.15, -0.1) is 11.8 Å². The number of rotatable bonds is 4. The Morgan fingerprint density at radius 2 is 2.16 bits per heavy atom. The summed E-state index contributed by atoms with van der Waals surface area (Å²) in [5, 5.41) is 2.46. The minimum Gasteiger partial charge on any atom is -0.355 e. The van der Waals surface area contributed by atoms with Gasteiger partial charge in [0.15, 0.2) is 0 Å². The van der Waals surface area contributed by atoms with Crippen molar-refractivity contribution in [1.29, 1.82) is 0 Å². The third-order valence-electron chi connectivity index (χ3n) is 2.81. The molecular formula is C13H15FN2O2S. The average molecular weight is 282 g/mol. The highest BCUT2D eigenvalue weighted by Gasteiger charge is 2.33. The van der Waals surface area contributed by atoms with E-state index in [0.717, 1.165) is 5.56 Å². The Kier molecular flexibility index (Phi) is 4.42. The zero-order valence-electron chi connectivity index (χ0n) is 10.6. The number of carbonyl (C=O) groups is 2. The van der Waals surface area contributed by atoms with Crippen LogP contribution in [0.15, 0.2) is 24.3 Å². The summed E-state index contributed by atoms with van der Waals surface area (Å²) < 4.78 is 12.9. The lowest BCUT2D eigenvalue weighted by molar-refractivity contribution is -0.133. The van der Waals surface area contributed by atoms with Crippen LogP contribution in [0.1, 0.15) is 17.9 Å². The molecule has 1 N–H and O–H groups in total. The molecule has 0 aromatic heterocycles. The molecule has 0 bridgehead atoms. The summed E-state index contributed by atoms with van der Waals surface area (Å²) in [7, 11) is 0. The molecule has 1 aliphatic rings. The molecule has 0 aliphatic carbocycles. The smallest absolute Gasteiger partial charge is 0.239 e. The molecule has 0 radical (unpaired) electrons. The molecule has 1 heterocycles. The van der Waals surface area contributed by atoms with Crippen LogP contribution >= 0.6 is 11.8 Å². The summed E-state index contributed by atoms with van der Waals surface area (Å²) >= 11 is 1.45. The van der Waals surface area contributed by atoms with Crippen molar-refractivity contribution in [3.05, 3.63) is 35.6 Å². The van der Waals surface area contributed by atoms with E-state index in [9.17, 15) is 14.0 Å². The van der Waals surface area contributed by atoms with E-state index in [1.807, 2.05) is 6.92 Å². The maximum atomic E-state index is 12.9. The quantitative estimate of drug-likeness (QED) is 0.911. The minimum atomic E-state index is -0.312. The summed E-state index contributed by atoms with van der Waals surface area (Å²) in [5.41, 5.74) is 0.835. The zero-order chi connectivity index (χ0) is 13.8. The monoisotopic (exact) mass is 282 g/mol. The predicted octanol–water partition coefficient (Wildman–Crippen LogP) is 1.54. The van der Waals surface area contributed by atoms with Crippen molar-refractivity contribution in [3.8, 4) is 0 Å². The molecule has 1 fully saturated rings. The van der Waals surface area contributed by atoms with Crippen LogP contribution in [0.4, 0.5) is 4.39 Å². The van der Waals surface area contributed by atoms with E-state index in [-0.39, 0.29) is 29.6 Å². The zero-order valence-corrected chi connectivity index (χ0v) is 11.4. The maximum Gasteiger partial charge on any atom is 0.239 e. The second-order valence-corrected chi connectivity index (χ2v) is 5.26. The van der Waals surface area contributed by atoms with Gasteiger partial charge in [-0.3, -0.25) is 9.59 Å². The maximum absolute atomic E-state index is 12.9. The topological polar surface area (TPSA) is 49.4 Å². The van der Waals surface area contributed by atoms with Crippen molar-refractivity contribution in [1.82, 2.24) is 10.2 Å². The molecule has 2 rings (SSSR count). The van der Waals surface area contributed by atoms with E-state index in [0.29, 0.717) is 12.3 Å². The Morgan fingerprint density at radius 1 is 1.47 bits per heavy atom. The molecule has 1 aromatic rings. The van der Waals surface area contributed by atoms with Gasteiger partial charge in [0, 0.05) is 6.54 Å². The normalized spacial score (nSPS) is 18.7. The second kappa shape index (κ2) is 6.06. The fraction of sp³-hybridized carbons (Fsp3) is 0.385. The number of benzene rings is 1. The van der Waals surface area contributed by atoms with Crippen molar-refractivity contribution in [2.75, 3.05) is 18.8 Å². The van der Waals surface area contributed by atoms with E-state index >= 15 is 0 Å². The van der Waals surface area contributed by atoms with Crippen LogP contribution in [0.5, 0.6) is 0 Å². The molecule has 1 aliphatic heterocycles. The molecule has 19 heavy (non-hydrogen) atoms. The van der Waals surface area contributed by atoms with E-state index in [2.05, 4.69) is 5.32 Å². The van der Waals surface area contributed by atoms with Gasteiger partial charge < -0.3 is 10.2 Å².